The fourth-order valence-electron chi connectivity index (χ4n) is 2.17. The van der Waals surface area contributed by atoms with Gasteiger partial charge < -0.3 is 10.1 Å². The van der Waals surface area contributed by atoms with Crippen LogP contribution in [-0.4, -0.2) is 20.3 Å². The molecule has 1 fully saturated rings. The van der Waals surface area contributed by atoms with Gasteiger partial charge in [-0.15, -0.1) is 0 Å². The van der Waals surface area contributed by atoms with Crippen LogP contribution in [-0.2, 0) is 10.3 Å². The zero-order valence-electron chi connectivity index (χ0n) is 8.92. The summed E-state index contributed by atoms with van der Waals surface area (Å²) in [5, 5.41) is 3.46. The molecule has 0 amide bonds. The molecule has 0 aliphatic carbocycles. The predicted octanol–water partition coefficient (Wildman–Crippen LogP) is 2.67. The van der Waals surface area contributed by atoms with E-state index in [0.717, 1.165) is 30.5 Å². The van der Waals surface area contributed by atoms with Gasteiger partial charge in [-0.05, 0) is 37.6 Å². The maximum Gasteiger partial charge on any atom is 0.0486 e. The molecule has 82 valence electrons. The standard InChI is InChI=1S/C12H16BrNO/c1-14-12(6-8-15-9-7-12)10-2-4-11(13)5-3-10/h2-5,14H,6-9H2,1H3. The van der Waals surface area contributed by atoms with Crippen LogP contribution in [0.5, 0.6) is 0 Å². The molecule has 0 bridgehead atoms. The van der Waals surface area contributed by atoms with Crippen molar-refractivity contribution in [2.45, 2.75) is 18.4 Å². The highest BCUT2D eigenvalue weighted by Crippen LogP contribution is 2.32. The molecule has 0 spiro atoms. The quantitative estimate of drug-likeness (QED) is 0.892. The second-order valence-corrected chi connectivity index (χ2v) is 4.87. The van der Waals surface area contributed by atoms with E-state index in [2.05, 4.69) is 45.5 Å². The Labute approximate surface area is 99.1 Å². The minimum atomic E-state index is 0.110. The number of hydrogen-bond donors (Lipinski definition) is 1. The maximum atomic E-state index is 5.42. The number of hydrogen-bond acceptors (Lipinski definition) is 2. The second-order valence-electron chi connectivity index (χ2n) is 3.95. The van der Waals surface area contributed by atoms with Gasteiger partial charge in [0.05, 0.1) is 0 Å². The first kappa shape index (κ1) is 11.1. The van der Waals surface area contributed by atoms with Gasteiger partial charge in [0.2, 0.25) is 0 Å². The van der Waals surface area contributed by atoms with Crippen molar-refractivity contribution in [2.24, 2.45) is 0 Å². The summed E-state index contributed by atoms with van der Waals surface area (Å²) in [5.74, 6) is 0. The van der Waals surface area contributed by atoms with Crippen LogP contribution in [0.3, 0.4) is 0 Å². The van der Waals surface area contributed by atoms with E-state index in [1.165, 1.54) is 5.56 Å². The number of nitrogens with one attached hydrogen (secondary N) is 1. The summed E-state index contributed by atoms with van der Waals surface area (Å²) in [5.41, 5.74) is 1.47. The molecule has 15 heavy (non-hydrogen) atoms. The molecule has 1 N–H and O–H groups in total. The van der Waals surface area contributed by atoms with Crippen LogP contribution in [0.2, 0.25) is 0 Å². The van der Waals surface area contributed by atoms with Gasteiger partial charge in [0.1, 0.15) is 0 Å². The van der Waals surface area contributed by atoms with Crippen LogP contribution in [0, 0.1) is 0 Å². The lowest BCUT2D eigenvalue weighted by Crippen LogP contribution is -2.44. The molecule has 3 heteroatoms. The van der Waals surface area contributed by atoms with Crippen LogP contribution < -0.4 is 5.32 Å². The van der Waals surface area contributed by atoms with Crippen LogP contribution in [0.1, 0.15) is 18.4 Å². The van der Waals surface area contributed by atoms with Crippen molar-refractivity contribution in [3.05, 3.63) is 34.3 Å². The molecule has 1 aliphatic heterocycles. The highest BCUT2D eigenvalue weighted by molar-refractivity contribution is 9.10. The minimum Gasteiger partial charge on any atom is -0.381 e. The average Bonchev–Trinajstić information content (AvgIpc) is 2.31. The number of benzene rings is 1. The predicted molar refractivity (Wildman–Crippen MR) is 64.9 cm³/mol. The molecule has 1 heterocycles. The number of rotatable bonds is 2. The monoisotopic (exact) mass is 269 g/mol. The van der Waals surface area contributed by atoms with Crippen molar-refractivity contribution >= 4 is 15.9 Å². The molecule has 0 unspecified atom stereocenters. The van der Waals surface area contributed by atoms with Crippen molar-refractivity contribution in [2.75, 3.05) is 20.3 Å². The van der Waals surface area contributed by atoms with E-state index >= 15 is 0 Å². The zero-order valence-corrected chi connectivity index (χ0v) is 10.5. The summed E-state index contributed by atoms with van der Waals surface area (Å²) in [6.45, 7) is 1.69. The lowest BCUT2D eigenvalue weighted by molar-refractivity contribution is 0.0398. The summed E-state index contributed by atoms with van der Waals surface area (Å²) in [6, 6.07) is 8.57. The Morgan fingerprint density at radius 2 is 1.80 bits per heavy atom. The maximum absolute atomic E-state index is 5.42. The van der Waals surface area contributed by atoms with Crippen LogP contribution >= 0.6 is 15.9 Å². The molecule has 0 atom stereocenters. The zero-order chi connectivity index (χ0) is 10.7. The largest absolute Gasteiger partial charge is 0.381 e. The molecule has 2 nitrogen and oxygen atoms in total. The van der Waals surface area contributed by atoms with Crippen molar-refractivity contribution in [1.29, 1.82) is 0 Å². The fraction of sp³-hybridized carbons (Fsp3) is 0.500. The van der Waals surface area contributed by atoms with Crippen LogP contribution in [0.15, 0.2) is 28.7 Å². The second kappa shape index (κ2) is 4.64. The van der Waals surface area contributed by atoms with Gasteiger partial charge in [-0.1, -0.05) is 28.1 Å². The van der Waals surface area contributed by atoms with Crippen molar-refractivity contribution < 1.29 is 4.74 Å². The Hall–Kier alpha value is -0.380. The Morgan fingerprint density at radius 1 is 1.20 bits per heavy atom. The van der Waals surface area contributed by atoms with Crippen LogP contribution in [0.4, 0.5) is 0 Å². The van der Waals surface area contributed by atoms with E-state index in [-0.39, 0.29) is 5.54 Å². The Balaban J connectivity index is 2.28. The highest BCUT2D eigenvalue weighted by Gasteiger charge is 2.32. The van der Waals surface area contributed by atoms with Crippen LogP contribution in [0.25, 0.3) is 0 Å². The van der Waals surface area contributed by atoms with E-state index < -0.39 is 0 Å². The lowest BCUT2D eigenvalue weighted by Gasteiger charge is -2.37. The van der Waals surface area contributed by atoms with Gasteiger partial charge in [0.15, 0.2) is 0 Å². The molecule has 0 radical (unpaired) electrons. The average molecular weight is 270 g/mol. The summed E-state index contributed by atoms with van der Waals surface area (Å²) in [6.07, 6.45) is 2.09. The van der Waals surface area contributed by atoms with Crippen molar-refractivity contribution in [1.82, 2.24) is 5.32 Å². The highest BCUT2D eigenvalue weighted by atomic mass is 79.9. The van der Waals surface area contributed by atoms with Gasteiger partial charge in [-0.2, -0.15) is 0 Å². The third-order valence-electron chi connectivity index (χ3n) is 3.22. The Kier molecular flexibility index (Phi) is 3.44. The van der Waals surface area contributed by atoms with Gasteiger partial charge >= 0.3 is 0 Å². The molecule has 1 aromatic rings. The molecule has 0 saturated carbocycles. The molecular weight excluding hydrogens is 254 g/mol. The first-order chi connectivity index (χ1) is 7.27. The molecule has 1 saturated heterocycles. The number of halogens is 1. The van der Waals surface area contributed by atoms with E-state index in [1.54, 1.807) is 0 Å². The Bertz CT molecular complexity index is 317. The van der Waals surface area contributed by atoms with E-state index in [9.17, 15) is 0 Å². The van der Waals surface area contributed by atoms with E-state index in [0.29, 0.717) is 0 Å². The molecule has 1 aliphatic rings. The van der Waals surface area contributed by atoms with Crippen molar-refractivity contribution in [3.63, 3.8) is 0 Å². The summed E-state index contributed by atoms with van der Waals surface area (Å²) < 4.78 is 6.55. The molecular formula is C12H16BrNO. The molecule has 0 aromatic heterocycles. The van der Waals surface area contributed by atoms with E-state index in [1.807, 2.05) is 7.05 Å². The van der Waals surface area contributed by atoms with Gasteiger partial charge in [0.25, 0.3) is 0 Å². The summed E-state index contributed by atoms with van der Waals surface area (Å²) in [4.78, 5) is 0. The lowest BCUT2D eigenvalue weighted by atomic mass is 9.83. The topological polar surface area (TPSA) is 21.3 Å². The third-order valence-corrected chi connectivity index (χ3v) is 3.75. The normalized spacial score (nSPS) is 20.1. The first-order valence-corrected chi connectivity index (χ1v) is 6.09. The minimum absolute atomic E-state index is 0.110. The van der Waals surface area contributed by atoms with Gasteiger partial charge in [-0.25, -0.2) is 0 Å². The Morgan fingerprint density at radius 3 is 2.33 bits per heavy atom. The SMILES string of the molecule is CNC1(c2ccc(Br)cc2)CCOCC1. The smallest absolute Gasteiger partial charge is 0.0486 e. The van der Waals surface area contributed by atoms with E-state index in [4.69, 9.17) is 4.74 Å². The first-order valence-electron chi connectivity index (χ1n) is 5.29. The van der Waals surface area contributed by atoms with Crippen molar-refractivity contribution in [3.8, 4) is 0 Å². The molecule has 2 rings (SSSR count). The van der Waals surface area contributed by atoms with Gasteiger partial charge in [0, 0.05) is 23.2 Å². The summed E-state index contributed by atoms with van der Waals surface area (Å²) >= 11 is 3.46. The third kappa shape index (κ3) is 2.25. The van der Waals surface area contributed by atoms with Gasteiger partial charge in [-0.3, -0.25) is 0 Å². The molecule has 1 aromatic carbocycles. The fourth-order valence-corrected chi connectivity index (χ4v) is 2.44. The number of ether oxygens (including phenoxy) is 1. The summed E-state index contributed by atoms with van der Waals surface area (Å²) in [7, 11) is 2.04.